The number of hydrogen-bond donors (Lipinski definition) is 2. The molecule has 6 nitrogen and oxygen atoms in total. The van der Waals surface area contributed by atoms with Crippen LogP contribution in [-0.2, 0) is 6.54 Å². The van der Waals surface area contributed by atoms with Gasteiger partial charge in [0, 0.05) is 30.0 Å². The number of pyridine rings is 1. The van der Waals surface area contributed by atoms with E-state index in [1.54, 1.807) is 7.11 Å². The van der Waals surface area contributed by atoms with Crippen LogP contribution in [0.25, 0.3) is 0 Å². The largest absolute Gasteiger partial charge is 0.497 e. The molecule has 132 valence electrons. The van der Waals surface area contributed by atoms with E-state index < -0.39 is 0 Å². The number of benzene rings is 1. The minimum absolute atomic E-state index is 0.387. The van der Waals surface area contributed by atoms with Crippen molar-refractivity contribution in [3.05, 3.63) is 47.7 Å². The van der Waals surface area contributed by atoms with Crippen LogP contribution < -0.4 is 20.7 Å². The molecular weight excluding hydrogens is 314 g/mol. The fourth-order valence-electron chi connectivity index (χ4n) is 2.93. The molecule has 2 heterocycles. The topological polar surface area (TPSA) is 75.8 Å². The van der Waals surface area contributed by atoms with E-state index in [-0.39, 0.29) is 0 Å². The summed E-state index contributed by atoms with van der Waals surface area (Å²) < 4.78 is 5.15. The highest BCUT2D eigenvalue weighted by Gasteiger charge is 2.17. The summed E-state index contributed by atoms with van der Waals surface area (Å²) in [4.78, 5) is 11.5. The molecule has 0 spiro atoms. The van der Waals surface area contributed by atoms with Crippen LogP contribution in [0.1, 0.15) is 24.1 Å². The number of aryl methyl sites for hydroxylation is 1. The quantitative estimate of drug-likeness (QED) is 0.647. The van der Waals surface area contributed by atoms with Crippen molar-refractivity contribution in [1.29, 1.82) is 0 Å². The lowest BCUT2D eigenvalue weighted by Crippen LogP contribution is -2.23. The van der Waals surface area contributed by atoms with Gasteiger partial charge < -0.3 is 20.7 Å². The average molecular weight is 339 g/mol. The molecule has 0 atom stereocenters. The van der Waals surface area contributed by atoms with E-state index in [0.717, 1.165) is 41.6 Å². The number of hydrogen-bond acceptors (Lipinski definition) is 4. The van der Waals surface area contributed by atoms with Gasteiger partial charge in [-0.15, -0.1) is 0 Å². The van der Waals surface area contributed by atoms with Crippen molar-refractivity contribution in [2.45, 2.75) is 26.3 Å². The maximum atomic E-state index is 6.03. The third-order valence-corrected chi connectivity index (χ3v) is 4.28. The summed E-state index contributed by atoms with van der Waals surface area (Å²) in [7, 11) is 1.64. The summed E-state index contributed by atoms with van der Waals surface area (Å²) in [6.45, 7) is 4.65. The molecule has 1 aliphatic rings. The van der Waals surface area contributed by atoms with Gasteiger partial charge in [-0.05, 0) is 50.1 Å². The Balaban J connectivity index is 1.69. The third-order valence-electron chi connectivity index (χ3n) is 4.28. The molecule has 0 saturated carbocycles. The number of ether oxygens (including phenoxy) is 1. The van der Waals surface area contributed by atoms with Crippen LogP contribution in [0.5, 0.6) is 5.75 Å². The molecule has 0 radical (unpaired) electrons. The molecular formula is C19H25N5O. The van der Waals surface area contributed by atoms with Crippen LogP contribution in [0.4, 0.5) is 11.5 Å². The van der Waals surface area contributed by atoms with Gasteiger partial charge in [-0.25, -0.2) is 9.98 Å². The van der Waals surface area contributed by atoms with Crippen LogP contribution in [0.3, 0.4) is 0 Å². The Labute approximate surface area is 148 Å². The smallest absolute Gasteiger partial charge is 0.193 e. The van der Waals surface area contributed by atoms with Gasteiger partial charge in [-0.2, -0.15) is 0 Å². The SMILES string of the molecule is COc1ccc(NC(N)=NCc2ccc(C)nc2N2CCCC2)cc1. The highest BCUT2D eigenvalue weighted by Crippen LogP contribution is 2.23. The molecule has 0 bridgehead atoms. The Morgan fingerprint density at radius 3 is 2.60 bits per heavy atom. The predicted octanol–water partition coefficient (Wildman–Crippen LogP) is 2.93. The zero-order valence-electron chi connectivity index (χ0n) is 14.8. The second kappa shape index (κ2) is 7.88. The van der Waals surface area contributed by atoms with Crippen LogP contribution in [0.2, 0.25) is 0 Å². The minimum atomic E-state index is 0.387. The van der Waals surface area contributed by atoms with Crippen molar-refractivity contribution in [2.75, 3.05) is 30.4 Å². The summed E-state index contributed by atoms with van der Waals surface area (Å²) in [5, 5.41) is 3.10. The van der Waals surface area contributed by atoms with Crippen molar-refractivity contribution in [2.24, 2.45) is 10.7 Å². The fraction of sp³-hybridized carbons (Fsp3) is 0.368. The normalized spacial score (nSPS) is 14.6. The van der Waals surface area contributed by atoms with Crippen molar-refractivity contribution < 1.29 is 4.74 Å². The van der Waals surface area contributed by atoms with Crippen molar-refractivity contribution in [1.82, 2.24) is 4.98 Å². The zero-order valence-corrected chi connectivity index (χ0v) is 14.8. The molecule has 0 aliphatic carbocycles. The Kier molecular flexibility index (Phi) is 5.38. The van der Waals surface area contributed by atoms with E-state index in [1.807, 2.05) is 37.3 Å². The molecule has 0 unspecified atom stereocenters. The molecule has 1 saturated heterocycles. The predicted molar refractivity (Wildman–Crippen MR) is 102 cm³/mol. The summed E-state index contributed by atoms with van der Waals surface area (Å²) in [5.74, 6) is 2.23. The minimum Gasteiger partial charge on any atom is -0.497 e. The van der Waals surface area contributed by atoms with Crippen molar-refractivity contribution >= 4 is 17.5 Å². The summed E-state index contributed by atoms with van der Waals surface area (Å²) in [6.07, 6.45) is 2.44. The molecule has 1 fully saturated rings. The average Bonchev–Trinajstić information content (AvgIpc) is 3.16. The molecule has 1 aromatic heterocycles. The van der Waals surface area contributed by atoms with Crippen LogP contribution in [-0.4, -0.2) is 31.1 Å². The number of nitrogens with one attached hydrogen (secondary N) is 1. The lowest BCUT2D eigenvalue weighted by Gasteiger charge is -2.20. The van der Waals surface area contributed by atoms with E-state index in [9.17, 15) is 0 Å². The first-order valence-corrected chi connectivity index (χ1v) is 8.58. The number of guanidine groups is 1. The maximum Gasteiger partial charge on any atom is 0.193 e. The van der Waals surface area contributed by atoms with Crippen molar-refractivity contribution in [3.8, 4) is 5.75 Å². The van der Waals surface area contributed by atoms with Crippen LogP contribution in [0, 0.1) is 6.92 Å². The first kappa shape index (κ1) is 17.1. The highest BCUT2D eigenvalue weighted by atomic mass is 16.5. The first-order valence-electron chi connectivity index (χ1n) is 8.58. The molecule has 6 heteroatoms. The number of nitrogens with zero attached hydrogens (tertiary/aromatic N) is 3. The molecule has 25 heavy (non-hydrogen) atoms. The van der Waals surface area contributed by atoms with Gasteiger partial charge in [-0.3, -0.25) is 0 Å². The van der Waals surface area contributed by atoms with Gasteiger partial charge in [-0.1, -0.05) is 6.07 Å². The first-order chi connectivity index (χ1) is 12.2. The summed E-state index contributed by atoms with van der Waals surface area (Å²) in [6, 6.07) is 11.7. The molecule has 0 amide bonds. The number of aromatic nitrogens is 1. The Morgan fingerprint density at radius 2 is 1.92 bits per heavy atom. The van der Waals surface area contributed by atoms with Gasteiger partial charge in [0.2, 0.25) is 0 Å². The van der Waals surface area contributed by atoms with E-state index in [0.29, 0.717) is 12.5 Å². The Morgan fingerprint density at radius 1 is 1.20 bits per heavy atom. The second-order valence-corrected chi connectivity index (χ2v) is 6.18. The molecule has 2 aromatic rings. The lowest BCUT2D eigenvalue weighted by atomic mass is 10.2. The number of methoxy groups -OCH3 is 1. The monoisotopic (exact) mass is 339 g/mol. The Bertz CT molecular complexity index is 736. The molecule has 3 rings (SSSR count). The van der Waals surface area contributed by atoms with Crippen LogP contribution >= 0.6 is 0 Å². The van der Waals surface area contributed by atoms with Gasteiger partial charge in [0.15, 0.2) is 5.96 Å². The van der Waals surface area contributed by atoms with Gasteiger partial charge in [0.25, 0.3) is 0 Å². The number of anilines is 2. The van der Waals surface area contributed by atoms with Crippen molar-refractivity contribution in [3.63, 3.8) is 0 Å². The van der Waals surface area contributed by atoms with Crippen LogP contribution in [0.15, 0.2) is 41.4 Å². The van der Waals surface area contributed by atoms with Gasteiger partial charge >= 0.3 is 0 Å². The van der Waals surface area contributed by atoms with Gasteiger partial charge in [0.1, 0.15) is 11.6 Å². The van der Waals surface area contributed by atoms with E-state index in [4.69, 9.17) is 15.5 Å². The molecule has 1 aliphatic heterocycles. The van der Waals surface area contributed by atoms with E-state index in [2.05, 4.69) is 21.3 Å². The maximum absolute atomic E-state index is 6.03. The third kappa shape index (κ3) is 4.41. The number of rotatable bonds is 5. The lowest BCUT2D eigenvalue weighted by molar-refractivity contribution is 0.415. The highest BCUT2D eigenvalue weighted by molar-refractivity contribution is 5.92. The van der Waals surface area contributed by atoms with Gasteiger partial charge in [0.05, 0.1) is 13.7 Å². The molecule has 1 aromatic carbocycles. The molecule has 3 N–H and O–H groups in total. The van der Waals surface area contributed by atoms with E-state index in [1.165, 1.54) is 12.8 Å². The Hall–Kier alpha value is -2.76. The standard InChI is InChI=1S/C19H25N5O/c1-14-5-6-15(18(22-14)24-11-3-4-12-24)13-21-19(20)23-16-7-9-17(25-2)10-8-16/h5-10H,3-4,11-13H2,1-2H3,(H3,20,21,23). The number of aliphatic imine (C=N–C) groups is 1. The zero-order chi connectivity index (χ0) is 17.6. The summed E-state index contributed by atoms with van der Waals surface area (Å²) >= 11 is 0. The second-order valence-electron chi connectivity index (χ2n) is 6.18. The van der Waals surface area contributed by atoms with E-state index >= 15 is 0 Å². The summed E-state index contributed by atoms with van der Waals surface area (Å²) in [5.41, 5.74) is 9.04. The fourth-order valence-corrected chi connectivity index (χ4v) is 2.93. The number of nitrogens with two attached hydrogens (primary N) is 1.